The van der Waals surface area contributed by atoms with Crippen molar-refractivity contribution in [1.29, 1.82) is 0 Å². The van der Waals surface area contributed by atoms with E-state index < -0.39 is 0 Å². The van der Waals surface area contributed by atoms with Crippen molar-refractivity contribution >= 4 is 23.5 Å². The summed E-state index contributed by atoms with van der Waals surface area (Å²) in [4.78, 5) is 23.4. The number of ether oxygens (including phenoxy) is 1. The van der Waals surface area contributed by atoms with E-state index >= 15 is 0 Å². The maximum absolute atomic E-state index is 12.0. The molecule has 2 rings (SSSR count). The first-order valence-electron chi connectivity index (χ1n) is 9.15. The van der Waals surface area contributed by atoms with Crippen LogP contribution in [0.5, 0.6) is 0 Å². The lowest BCUT2D eigenvalue weighted by atomic mass is 10.3. The Labute approximate surface area is 164 Å². The number of carbonyl (C=O) groups excluding carboxylic acids is 1. The van der Waals surface area contributed by atoms with Gasteiger partial charge in [0.05, 0.1) is 12.4 Å². The Kier molecular flexibility index (Phi) is 8.60. The van der Waals surface area contributed by atoms with Crippen LogP contribution in [0.3, 0.4) is 0 Å². The molecule has 0 unspecified atom stereocenters. The van der Waals surface area contributed by atoms with Crippen LogP contribution in [0.4, 0.5) is 5.82 Å². The molecule has 148 valence electrons. The van der Waals surface area contributed by atoms with Gasteiger partial charge in [0.1, 0.15) is 11.6 Å². The minimum atomic E-state index is -0.240. The van der Waals surface area contributed by atoms with Gasteiger partial charge in [-0.25, -0.2) is 9.97 Å². The zero-order valence-corrected chi connectivity index (χ0v) is 17.3. The number of aryl methyl sites for hydroxylation is 1. The lowest BCUT2D eigenvalue weighted by molar-refractivity contribution is 0.0908. The van der Waals surface area contributed by atoms with Crippen molar-refractivity contribution in [3.05, 3.63) is 35.4 Å². The monoisotopic (exact) mass is 392 g/mol. The molecule has 0 saturated heterocycles. The first-order chi connectivity index (χ1) is 13.1. The van der Waals surface area contributed by atoms with Crippen molar-refractivity contribution in [3.8, 4) is 0 Å². The number of hydrogen-bond donors (Lipinski definition) is 1. The Morgan fingerprint density at radius 3 is 2.85 bits per heavy atom. The fourth-order valence-electron chi connectivity index (χ4n) is 2.42. The normalized spacial score (nSPS) is 10.8. The van der Waals surface area contributed by atoms with E-state index in [-0.39, 0.29) is 5.91 Å². The molecule has 0 aromatic carbocycles. The standard InChI is InChI=1S/C19H28N4O3S/c1-5-10-23(3)17-12-14(6-2)21-19(22-17)27-13-15-7-8-16(26-15)18(24)20-9-11-25-4/h7-8,12H,5-6,9-11,13H2,1-4H3,(H,20,24). The maximum atomic E-state index is 12.0. The zero-order valence-electron chi connectivity index (χ0n) is 16.4. The van der Waals surface area contributed by atoms with Gasteiger partial charge in [-0.05, 0) is 25.0 Å². The quantitative estimate of drug-likeness (QED) is 0.357. The maximum Gasteiger partial charge on any atom is 0.287 e. The summed E-state index contributed by atoms with van der Waals surface area (Å²) in [5.74, 6) is 2.27. The molecule has 2 aromatic rings. The van der Waals surface area contributed by atoms with Crippen LogP contribution >= 0.6 is 11.8 Å². The summed E-state index contributed by atoms with van der Waals surface area (Å²) in [6, 6.07) is 5.53. The number of nitrogens with zero attached hydrogens (tertiary/aromatic N) is 3. The van der Waals surface area contributed by atoms with Gasteiger partial charge in [0, 0.05) is 39.0 Å². The number of thioether (sulfide) groups is 1. The number of methoxy groups -OCH3 is 1. The molecule has 1 N–H and O–H groups in total. The number of carbonyl (C=O) groups is 1. The van der Waals surface area contributed by atoms with Crippen molar-refractivity contribution in [2.24, 2.45) is 0 Å². The molecule has 2 aromatic heterocycles. The molecule has 0 aliphatic carbocycles. The molecule has 0 fully saturated rings. The average Bonchev–Trinajstić information content (AvgIpc) is 3.15. The van der Waals surface area contributed by atoms with E-state index in [1.807, 2.05) is 19.2 Å². The van der Waals surface area contributed by atoms with Crippen LogP contribution in [0, 0.1) is 0 Å². The minimum Gasteiger partial charge on any atom is -0.455 e. The smallest absolute Gasteiger partial charge is 0.287 e. The van der Waals surface area contributed by atoms with Gasteiger partial charge in [0.25, 0.3) is 5.91 Å². The Hall–Kier alpha value is -2.06. The van der Waals surface area contributed by atoms with Crippen LogP contribution in [0.1, 0.15) is 42.3 Å². The predicted octanol–water partition coefficient (Wildman–Crippen LogP) is 3.15. The summed E-state index contributed by atoms with van der Waals surface area (Å²) < 4.78 is 10.5. The minimum absolute atomic E-state index is 0.240. The zero-order chi connectivity index (χ0) is 19.6. The number of furan rings is 1. The number of rotatable bonds is 11. The molecule has 2 heterocycles. The summed E-state index contributed by atoms with van der Waals surface area (Å²) in [6.07, 6.45) is 1.92. The molecule has 8 heteroatoms. The molecule has 0 saturated carbocycles. The van der Waals surface area contributed by atoms with Gasteiger partial charge in [-0.1, -0.05) is 25.6 Å². The van der Waals surface area contributed by atoms with Crippen LogP contribution in [-0.4, -0.2) is 49.7 Å². The number of aromatic nitrogens is 2. The van der Waals surface area contributed by atoms with Crippen molar-refractivity contribution in [1.82, 2.24) is 15.3 Å². The van der Waals surface area contributed by atoms with Crippen LogP contribution in [0.2, 0.25) is 0 Å². The lowest BCUT2D eigenvalue weighted by Crippen LogP contribution is -2.26. The number of amides is 1. The highest BCUT2D eigenvalue weighted by Gasteiger charge is 2.13. The highest BCUT2D eigenvalue weighted by molar-refractivity contribution is 7.98. The van der Waals surface area contributed by atoms with E-state index in [2.05, 4.69) is 34.0 Å². The SMILES string of the molecule is CCCN(C)c1cc(CC)nc(SCc2ccc(C(=O)NCCOC)o2)n1. The topological polar surface area (TPSA) is 80.5 Å². The third-order valence-electron chi connectivity index (χ3n) is 3.88. The fourth-order valence-corrected chi connectivity index (χ4v) is 3.18. The van der Waals surface area contributed by atoms with Crippen molar-refractivity contribution < 1.29 is 13.9 Å². The highest BCUT2D eigenvalue weighted by Crippen LogP contribution is 2.24. The van der Waals surface area contributed by atoms with Crippen LogP contribution in [0.25, 0.3) is 0 Å². The molecule has 0 bridgehead atoms. The molecule has 1 amide bonds. The second-order valence-corrected chi connectivity index (χ2v) is 7.02. The summed E-state index contributed by atoms with van der Waals surface area (Å²) in [7, 11) is 3.64. The Bertz CT molecular complexity index is 735. The van der Waals surface area contributed by atoms with Crippen molar-refractivity contribution in [2.75, 3.05) is 38.8 Å². The molecule has 0 aliphatic heterocycles. The Morgan fingerprint density at radius 1 is 1.33 bits per heavy atom. The highest BCUT2D eigenvalue weighted by atomic mass is 32.2. The molecule has 0 aliphatic rings. The van der Waals surface area contributed by atoms with Crippen molar-refractivity contribution in [2.45, 2.75) is 37.6 Å². The third kappa shape index (κ3) is 6.55. The molecular formula is C19H28N4O3S. The number of anilines is 1. The van der Waals surface area contributed by atoms with Gasteiger partial charge >= 0.3 is 0 Å². The summed E-state index contributed by atoms with van der Waals surface area (Å²) in [5.41, 5.74) is 1.02. The van der Waals surface area contributed by atoms with E-state index in [4.69, 9.17) is 9.15 Å². The Morgan fingerprint density at radius 2 is 2.15 bits per heavy atom. The first-order valence-corrected chi connectivity index (χ1v) is 10.1. The molecule has 0 atom stereocenters. The summed E-state index contributed by atoms with van der Waals surface area (Å²) in [6.45, 7) is 6.10. The number of hydrogen-bond acceptors (Lipinski definition) is 7. The summed E-state index contributed by atoms with van der Waals surface area (Å²) in [5, 5.41) is 3.46. The third-order valence-corrected chi connectivity index (χ3v) is 4.75. The van der Waals surface area contributed by atoms with Crippen molar-refractivity contribution in [3.63, 3.8) is 0 Å². The van der Waals surface area contributed by atoms with E-state index in [9.17, 15) is 4.79 Å². The van der Waals surface area contributed by atoms with Crippen LogP contribution < -0.4 is 10.2 Å². The second-order valence-electron chi connectivity index (χ2n) is 6.08. The van der Waals surface area contributed by atoms with E-state index in [1.54, 1.807) is 13.2 Å². The van der Waals surface area contributed by atoms with Gasteiger partial charge in [-0.3, -0.25) is 4.79 Å². The summed E-state index contributed by atoms with van der Waals surface area (Å²) >= 11 is 1.50. The largest absolute Gasteiger partial charge is 0.455 e. The Balaban J connectivity index is 2.00. The fraction of sp³-hybridized carbons (Fsp3) is 0.526. The molecule has 0 spiro atoms. The van der Waals surface area contributed by atoms with Gasteiger partial charge in [-0.2, -0.15) is 0 Å². The second kappa shape index (κ2) is 10.9. The first kappa shape index (κ1) is 21.2. The predicted molar refractivity (Wildman–Crippen MR) is 107 cm³/mol. The van der Waals surface area contributed by atoms with E-state index in [0.29, 0.717) is 30.4 Å². The molecule has 7 nitrogen and oxygen atoms in total. The van der Waals surface area contributed by atoms with Gasteiger partial charge in [0.15, 0.2) is 10.9 Å². The van der Waals surface area contributed by atoms with E-state index in [0.717, 1.165) is 36.1 Å². The lowest BCUT2D eigenvalue weighted by Gasteiger charge is -2.18. The van der Waals surface area contributed by atoms with E-state index in [1.165, 1.54) is 11.8 Å². The molecule has 0 radical (unpaired) electrons. The average molecular weight is 393 g/mol. The molecular weight excluding hydrogens is 364 g/mol. The van der Waals surface area contributed by atoms with Gasteiger partial charge in [0.2, 0.25) is 0 Å². The molecule has 27 heavy (non-hydrogen) atoms. The van der Waals surface area contributed by atoms with Crippen LogP contribution in [0.15, 0.2) is 27.8 Å². The van der Waals surface area contributed by atoms with Gasteiger partial charge < -0.3 is 19.4 Å². The number of nitrogens with one attached hydrogen (secondary N) is 1. The van der Waals surface area contributed by atoms with Gasteiger partial charge in [-0.15, -0.1) is 0 Å². The van der Waals surface area contributed by atoms with Crippen LogP contribution in [-0.2, 0) is 16.9 Å².